The van der Waals surface area contributed by atoms with Crippen molar-refractivity contribution in [1.82, 2.24) is 4.90 Å². The maximum Gasteiger partial charge on any atom is 0.306 e. The van der Waals surface area contributed by atoms with Gasteiger partial charge in [0.2, 0.25) is 0 Å². The molecule has 1 fully saturated rings. The van der Waals surface area contributed by atoms with E-state index in [1.165, 1.54) is 16.7 Å². The van der Waals surface area contributed by atoms with Crippen molar-refractivity contribution < 1.29 is 9.90 Å². The SMILES string of the molecule is Cc1ccc(C2CC(C3CC3C(=O)O)N=C3C(Br)=CC(Br)=CN32)c(C)c1. The van der Waals surface area contributed by atoms with Crippen LogP contribution in [0.1, 0.15) is 35.6 Å². The molecular weight excluding hydrogens is 460 g/mol. The van der Waals surface area contributed by atoms with Gasteiger partial charge in [-0.25, -0.2) is 0 Å². The van der Waals surface area contributed by atoms with Gasteiger partial charge in [0.1, 0.15) is 5.84 Å². The van der Waals surface area contributed by atoms with Gasteiger partial charge in [-0.15, -0.1) is 0 Å². The van der Waals surface area contributed by atoms with E-state index in [4.69, 9.17) is 4.99 Å². The molecule has 0 spiro atoms. The third-order valence-corrected chi connectivity index (χ3v) is 6.53. The molecule has 0 amide bonds. The Morgan fingerprint density at radius 3 is 2.69 bits per heavy atom. The first kappa shape index (κ1) is 18.0. The van der Waals surface area contributed by atoms with E-state index in [2.05, 4.69) is 75.0 Å². The molecule has 4 unspecified atom stereocenters. The van der Waals surface area contributed by atoms with Crippen molar-refractivity contribution in [1.29, 1.82) is 0 Å². The summed E-state index contributed by atoms with van der Waals surface area (Å²) in [7, 11) is 0. The average molecular weight is 480 g/mol. The fourth-order valence-electron chi connectivity index (χ4n) is 4.13. The van der Waals surface area contributed by atoms with E-state index in [0.29, 0.717) is 0 Å². The molecule has 0 bridgehead atoms. The van der Waals surface area contributed by atoms with Crippen LogP contribution in [0.2, 0.25) is 0 Å². The lowest BCUT2D eigenvalue weighted by Crippen LogP contribution is -2.40. The Bertz CT molecular complexity index is 875. The van der Waals surface area contributed by atoms with Gasteiger partial charge < -0.3 is 10.0 Å². The van der Waals surface area contributed by atoms with Crippen LogP contribution in [0, 0.1) is 25.7 Å². The number of benzene rings is 1. The van der Waals surface area contributed by atoms with E-state index in [1.807, 2.05) is 6.08 Å². The van der Waals surface area contributed by atoms with Gasteiger partial charge in [-0.05, 0) is 81.7 Å². The minimum atomic E-state index is -0.693. The second-order valence-electron chi connectivity index (χ2n) is 7.39. The predicted molar refractivity (Wildman–Crippen MR) is 110 cm³/mol. The highest BCUT2D eigenvalue weighted by atomic mass is 79.9. The van der Waals surface area contributed by atoms with Gasteiger partial charge in [0.25, 0.3) is 0 Å². The van der Waals surface area contributed by atoms with Crippen molar-refractivity contribution in [2.75, 3.05) is 0 Å². The lowest BCUT2D eigenvalue weighted by atomic mass is 9.89. The first-order valence-electron chi connectivity index (χ1n) is 8.76. The lowest BCUT2D eigenvalue weighted by molar-refractivity contribution is -0.138. The van der Waals surface area contributed by atoms with E-state index >= 15 is 0 Å². The molecule has 4 rings (SSSR count). The number of aryl methyl sites for hydroxylation is 2. The molecule has 1 aromatic carbocycles. The number of aliphatic carboxylic acids is 1. The summed E-state index contributed by atoms with van der Waals surface area (Å²) in [6.45, 7) is 4.25. The van der Waals surface area contributed by atoms with E-state index in [0.717, 1.165) is 27.6 Å². The van der Waals surface area contributed by atoms with Crippen molar-refractivity contribution in [2.24, 2.45) is 16.8 Å². The van der Waals surface area contributed by atoms with Gasteiger partial charge in [0.15, 0.2) is 0 Å². The summed E-state index contributed by atoms with van der Waals surface area (Å²) >= 11 is 7.23. The van der Waals surface area contributed by atoms with Crippen LogP contribution < -0.4 is 0 Å². The van der Waals surface area contributed by atoms with E-state index in [-0.39, 0.29) is 23.9 Å². The largest absolute Gasteiger partial charge is 0.481 e. The van der Waals surface area contributed by atoms with E-state index in [1.54, 1.807) is 0 Å². The van der Waals surface area contributed by atoms with Gasteiger partial charge in [-0.3, -0.25) is 9.79 Å². The molecule has 2 aliphatic heterocycles. The average Bonchev–Trinajstić information content (AvgIpc) is 3.35. The highest BCUT2D eigenvalue weighted by Gasteiger charge is 2.50. The normalized spacial score (nSPS) is 30.2. The summed E-state index contributed by atoms with van der Waals surface area (Å²) in [5, 5.41) is 9.34. The van der Waals surface area contributed by atoms with Crippen LogP contribution in [0.3, 0.4) is 0 Å². The molecule has 0 saturated heterocycles. The molecule has 4 atom stereocenters. The zero-order chi connectivity index (χ0) is 18.6. The maximum atomic E-state index is 11.4. The van der Waals surface area contributed by atoms with Crippen molar-refractivity contribution in [3.8, 4) is 0 Å². The molecule has 0 aromatic heterocycles. The van der Waals surface area contributed by atoms with Crippen LogP contribution in [0.4, 0.5) is 0 Å². The molecule has 3 aliphatic rings. The number of carboxylic acid groups (broad SMARTS) is 1. The Morgan fingerprint density at radius 2 is 2.04 bits per heavy atom. The van der Waals surface area contributed by atoms with Crippen LogP contribution >= 0.6 is 31.9 Å². The lowest BCUT2D eigenvalue weighted by Gasteiger charge is -2.40. The standard InChI is InChI=1S/C20H20Br2N2O2/c1-10-3-4-13(11(2)5-10)18-8-17(14-7-15(14)20(25)26)23-19-16(22)6-12(21)9-24(18)19/h3-6,9,14-15,17-18H,7-8H2,1-2H3,(H,25,26). The van der Waals surface area contributed by atoms with Crippen molar-refractivity contribution in [2.45, 2.75) is 38.8 Å². The molecule has 1 N–H and O–H groups in total. The number of hydrogen-bond donors (Lipinski definition) is 1. The minimum absolute atomic E-state index is 0.0410. The van der Waals surface area contributed by atoms with Crippen LogP contribution in [0.25, 0.3) is 0 Å². The first-order chi connectivity index (χ1) is 12.3. The van der Waals surface area contributed by atoms with Gasteiger partial charge in [-0.1, -0.05) is 23.8 Å². The van der Waals surface area contributed by atoms with Crippen LogP contribution in [0.15, 0.2) is 44.4 Å². The third-order valence-electron chi connectivity index (χ3n) is 5.51. The number of hydrogen-bond acceptors (Lipinski definition) is 3. The number of carbonyl (C=O) groups is 1. The molecule has 1 aliphatic carbocycles. The van der Waals surface area contributed by atoms with Gasteiger partial charge in [0.05, 0.1) is 22.5 Å². The van der Waals surface area contributed by atoms with Gasteiger partial charge in [0, 0.05) is 10.7 Å². The molecule has 0 radical (unpaired) electrons. The third kappa shape index (κ3) is 3.18. The second-order valence-corrected chi connectivity index (χ2v) is 9.16. The van der Waals surface area contributed by atoms with Gasteiger partial charge in [-0.2, -0.15) is 0 Å². The number of halogens is 2. The molecule has 1 saturated carbocycles. The number of carboxylic acids is 1. The molecule has 4 nitrogen and oxygen atoms in total. The molecular formula is C20H20Br2N2O2. The summed E-state index contributed by atoms with van der Waals surface area (Å²) in [6, 6.07) is 6.75. The van der Waals surface area contributed by atoms with Crippen molar-refractivity contribution in [3.05, 3.63) is 56.1 Å². The zero-order valence-corrected chi connectivity index (χ0v) is 17.8. The minimum Gasteiger partial charge on any atom is -0.481 e. The van der Waals surface area contributed by atoms with Crippen molar-refractivity contribution in [3.63, 3.8) is 0 Å². The summed E-state index contributed by atoms with van der Waals surface area (Å²) in [4.78, 5) is 18.5. The zero-order valence-electron chi connectivity index (χ0n) is 14.6. The molecule has 2 heterocycles. The number of allylic oxidation sites excluding steroid dienone is 2. The summed E-state index contributed by atoms with van der Waals surface area (Å²) in [6.07, 6.45) is 5.64. The van der Waals surface area contributed by atoms with Crippen molar-refractivity contribution >= 4 is 43.7 Å². The number of aliphatic imine (C=N–C) groups is 1. The highest BCUT2D eigenvalue weighted by Crippen LogP contribution is 2.49. The maximum absolute atomic E-state index is 11.4. The Balaban J connectivity index is 1.75. The predicted octanol–water partition coefficient (Wildman–Crippen LogP) is 5.07. The number of amidine groups is 1. The summed E-state index contributed by atoms with van der Waals surface area (Å²) in [5.41, 5.74) is 3.78. The van der Waals surface area contributed by atoms with Crippen LogP contribution in [0.5, 0.6) is 0 Å². The Hall–Kier alpha value is -1.40. The second kappa shape index (κ2) is 6.64. The summed E-state index contributed by atoms with van der Waals surface area (Å²) in [5.74, 6) is 0.0985. The molecule has 6 heteroatoms. The smallest absolute Gasteiger partial charge is 0.306 e. The van der Waals surface area contributed by atoms with Gasteiger partial charge >= 0.3 is 5.97 Å². The van der Waals surface area contributed by atoms with E-state index in [9.17, 15) is 9.90 Å². The monoisotopic (exact) mass is 478 g/mol. The Kier molecular flexibility index (Phi) is 4.59. The Morgan fingerprint density at radius 1 is 1.27 bits per heavy atom. The highest BCUT2D eigenvalue weighted by molar-refractivity contribution is 9.12. The number of nitrogens with zero attached hydrogens (tertiary/aromatic N) is 2. The van der Waals surface area contributed by atoms with Crippen LogP contribution in [-0.2, 0) is 4.79 Å². The fourth-order valence-corrected chi connectivity index (χ4v) is 5.44. The number of fused-ring (bicyclic) bond motifs is 1. The molecule has 1 aromatic rings. The quantitative estimate of drug-likeness (QED) is 0.658. The van der Waals surface area contributed by atoms with E-state index < -0.39 is 5.97 Å². The first-order valence-corrected chi connectivity index (χ1v) is 10.3. The van der Waals surface area contributed by atoms with Crippen LogP contribution in [-0.4, -0.2) is 27.9 Å². The summed E-state index contributed by atoms with van der Waals surface area (Å²) < 4.78 is 1.92. The fraction of sp³-hybridized carbons (Fsp3) is 0.400. The number of rotatable bonds is 3. The Labute approximate surface area is 169 Å². The molecule has 26 heavy (non-hydrogen) atoms. The molecule has 136 valence electrons. The topological polar surface area (TPSA) is 52.9 Å².